The van der Waals surface area contributed by atoms with Crippen molar-refractivity contribution in [2.45, 2.75) is 30.7 Å². The molecule has 24 heavy (non-hydrogen) atoms. The Morgan fingerprint density at radius 2 is 2.04 bits per heavy atom. The van der Waals surface area contributed by atoms with Gasteiger partial charge in [0.05, 0.1) is 14.2 Å². The van der Waals surface area contributed by atoms with Crippen LogP contribution in [-0.4, -0.2) is 49.6 Å². The Morgan fingerprint density at radius 1 is 1.25 bits per heavy atom. The average molecular weight is 329 g/mol. The van der Waals surface area contributed by atoms with Gasteiger partial charge in [-0.1, -0.05) is 6.07 Å². The Hall–Kier alpha value is -2.01. The molecule has 1 aromatic carbocycles. The van der Waals surface area contributed by atoms with Gasteiger partial charge in [-0.3, -0.25) is 4.79 Å². The number of hydrogen-bond donors (Lipinski definition) is 1. The van der Waals surface area contributed by atoms with Crippen LogP contribution in [-0.2, 0) is 21.4 Å². The van der Waals surface area contributed by atoms with Crippen LogP contribution in [0.15, 0.2) is 24.0 Å². The van der Waals surface area contributed by atoms with Crippen LogP contribution in [0, 0.1) is 5.92 Å². The number of fused-ring (bicyclic) bond motifs is 1. The number of likely N-dealkylation sites (tertiary alicyclic amines) is 1. The molecular weight excluding hydrogens is 306 g/mol. The predicted molar refractivity (Wildman–Crippen MR) is 89.3 cm³/mol. The molecule has 1 aromatic rings. The Morgan fingerprint density at radius 3 is 2.75 bits per heavy atom. The second kappa shape index (κ2) is 5.24. The van der Waals surface area contributed by atoms with Gasteiger partial charge in [-0.05, 0) is 50.1 Å². The molecule has 1 fully saturated rings. The van der Waals surface area contributed by atoms with Crippen LogP contribution in [0.25, 0.3) is 0 Å². The number of Topliss-reactive ketones (excluding diaryl/α,β-unsaturated/α-hetero) is 1. The number of benzene rings is 1. The zero-order chi connectivity index (χ0) is 17.1. The second-order valence-electron chi connectivity index (χ2n) is 7.14. The highest BCUT2D eigenvalue weighted by Gasteiger charge is 2.56. The molecule has 4 rings (SSSR count). The first-order valence-corrected chi connectivity index (χ1v) is 8.41. The van der Waals surface area contributed by atoms with E-state index < -0.39 is 0 Å². The van der Waals surface area contributed by atoms with Crippen LogP contribution in [0.4, 0.5) is 0 Å². The zero-order valence-corrected chi connectivity index (χ0v) is 14.3. The third-order valence-electron chi connectivity index (χ3n) is 6.20. The predicted octanol–water partition coefficient (Wildman–Crippen LogP) is 2.02. The van der Waals surface area contributed by atoms with Crippen LogP contribution >= 0.6 is 0 Å². The molecule has 3 atom stereocenters. The molecule has 1 unspecified atom stereocenters. The number of rotatable bonds is 2. The highest BCUT2D eigenvalue weighted by atomic mass is 16.5. The molecule has 0 amide bonds. The van der Waals surface area contributed by atoms with Gasteiger partial charge in [0.25, 0.3) is 0 Å². The fourth-order valence-electron chi connectivity index (χ4n) is 5.02. The van der Waals surface area contributed by atoms with Crippen molar-refractivity contribution >= 4 is 5.78 Å². The number of piperidine rings is 1. The molecular formula is C19H23NO4. The maximum absolute atomic E-state index is 12.4. The molecule has 5 heteroatoms. The summed E-state index contributed by atoms with van der Waals surface area (Å²) in [6, 6.07) is 4.18. The Kier molecular flexibility index (Phi) is 3.39. The minimum absolute atomic E-state index is 0.0595. The van der Waals surface area contributed by atoms with Crippen molar-refractivity contribution in [3.8, 4) is 11.5 Å². The van der Waals surface area contributed by atoms with Gasteiger partial charge in [0.15, 0.2) is 23.0 Å². The fourth-order valence-corrected chi connectivity index (χ4v) is 5.02. The third kappa shape index (κ3) is 1.88. The maximum atomic E-state index is 12.4. The Balaban J connectivity index is 2.00. The smallest absolute Gasteiger partial charge is 0.197 e. The maximum Gasteiger partial charge on any atom is 0.197 e. The number of ketones is 1. The van der Waals surface area contributed by atoms with Crippen LogP contribution < -0.4 is 4.74 Å². The van der Waals surface area contributed by atoms with E-state index in [0.717, 1.165) is 30.5 Å². The van der Waals surface area contributed by atoms with Gasteiger partial charge >= 0.3 is 0 Å². The van der Waals surface area contributed by atoms with Gasteiger partial charge in [-0.15, -0.1) is 0 Å². The van der Waals surface area contributed by atoms with E-state index in [2.05, 4.69) is 18.0 Å². The summed E-state index contributed by atoms with van der Waals surface area (Å²) in [5.41, 5.74) is 1.71. The van der Waals surface area contributed by atoms with E-state index in [0.29, 0.717) is 24.0 Å². The van der Waals surface area contributed by atoms with E-state index in [9.17, 15) is 9.90 Å². The number of carbonyl (C=O) groups excluding carboxylic acids is 1. The SMILES string of the molecule is COC1=C[C@]23CCN(C)[C@H](Cc4ccc(OC)c(O)c42)C3CC1=O. The Labute approximate surface area is 141 Å². The molecule has 1 aliphatic heterocycles. The number of phenols is 1. The quantitative estimate of drug-likeness (QED) is 0.899. The Bertz CT molecular complexity index is 741. The monoisotopic (exact) mass is 329 g/mol. The van der Waals surface area contributed by atoms with Gasteiger partial charge in [0.1, 0.15) is 0 Å². The number of phenolic OH excluding ortho intramolecular Hbond substituents is 1. The second-order valence-corrected chi connectivity index (χ2v) is 7.14. The number of allylic oxidation sites excluding steroid dienone is 2. The van der Waals surface area contributed by atoms with Gasteiger partial charge in [-0.2, -0.15) is 0 Å². The lowest BCUT2D eigenvalue weighted by Crippen LogP contribution is -2.60. The summed E-state index contributed by atoms with van der Waals surface area (Å²) in [7, 11) is 5.24. The van der Waals surface area contributed by atoms with E-state index in [4.69, 9.17) is 9.47 Å². The van der Waals surface area contributed by atoms with Crippen molar-refractivity contribution in [2.75, 3.05) is 27.8 Å². The van der Waals surface area contributed by atoms with E-state index in [-0.39, 0.29) is 22.9 Å². The summed E-state index contributed by atoms with van der Waals surface area (Å²) < 4.78 is 10.7. The molecule has 1 saturated heterocycles. The highest BCUT2D eigenvalue weighted by molar-refractivity contribution is 5.95. The van der Waals surface area contributed by atoms with Crippen LogP contribution in [0.5, 0.6) is 11.5 Å². The number of hydrogen-bond acceptors (Lipinski definition) is 5. The molecule has 1 heterocycles. The van der Waals surface area contributed by atoms with Crippen molar-refractivity contribution in [3.63, 3.8) is 0 Å². The highest BCUT2D eigenvalue weighted by Crippen LogP contribution is 2.57. The van der Waals surface area contributed by atoms with Gasteiger partial charge < -0.3 is 19.5 Å². The van der Waals surface area contributed by atoms with E-state index in [1.165, 1.54) is 0 Å². The molecule has 1 N–H and O–H groups in total. The van der Waals surface area contributed by atoms with Crippen LogP contribution in [0.2, 0.25) is 0 Å². The fraction of sp³-hybridized carbons (Fsp3) is 0.526. The number of methoxy groups -OCH3 is 2. The lowest BCUT2D eigenvalue weighted by atomic mass is 9.54. The van der Waals surface area contributed by atoms with Crippen molar-refractivity contribution < 1.29 is 19.4 Å². The first-order chi connectivity index (χ1) is 11.5. The largest absolute Gasteiger partial charge is 0.504 e. The van der Waals surface area contributed by atoms with E-state index in [1.807, 2.05) is 12.1 Å². The molecule has 0 spiro atoms. The first kappa shape index (κ1) is 15.5. The van der Waals surface area contributed by atoms with E-state index in [1.54, 1.807) is 14.2 Å². The number of likely N-dealkylation sites (N-methyl/N-ethyl adjacent to an activating group) is 1. The lowest BCUT2D eigenvalue weighted by molar-refractivity contribution is -0.122. The number of carbonyl (C=O) groups is 1. The summed E-state index contributed by atoms with van der Waals surface area (Å²) >= 11 is 0. The van der Waals surface area contributed by atoms with Gasteiger partial charge in [0.2, 0.25) is 0 Å². The van der Waals surface area contributed by atoms with Gasteiger partial charge in [-0.25, -0.2) is 0 Å². The van der Waals surface area contributed by atoms with Crippen molar-refractivity contribution in [2.24, 2.45) is 5.92 Å². The number of ether oxygens (including phenoxy) is 2. The number of aromatic hydroxyl groups is 1. The van der Waals surface area contributed by atoms with Crippen LogP contribution in [0.3, 0.4) is 0 Å². The standard InChI is InChI=1S/C19H23NO4/c1-20-7-6-19-10-16(24-3)14(21)9-12(19)13(20)8-11-4-5-15(23-2)18(22)17(11)19/h4-5,10,12-13,22H,6-9H2,1-3H3/t12?,13-,19+/m1/s1. The molecule has 0 saturated carbocycles. The summed E-state index contributed by atoms with van der Waals surface area (Å²) in [5, 5.41) is 10.9. The molecule has 128 valence electrons. The van der Waals surface area contributed by atoms with Gasteiger partial charge in [0, 0.05) is 23.4 Å². The van der Waals surface area contributed by atoms with Crippen molar-refractivity contribution in [1.29, 1.82) is 0 Å². The first-order valence-electron chi connectivity index (χ1n) is 8.41. The molecule has 0 aromatic heterocycles. The number of nitrogens with zero attached hydrogens (tertiary/aromatic N) is 1. The summed E-state index contributed by atoms with van der Waals surface area (Å²) in [4.78, 5) is 14.8. The van der Waals surface area contributed by atoms with Crippen molar-refractivity contribution in [1.82, 2.24) is 4.90 Å². The normalized spacial score (nSPS) is 31.8. The topological polar surface area (TPSA) is 59.0 Å². The summed E-state index contributed by atoms with van der Waals surface area (Å²) in [6.45, 7) is 0.930. The minimum Gasteiger partial charge on any atom is -0.504 e. The molecule has 5 nitrogen and oxygen atoms in total. The average Bonchev–Trinajstić information content (AvgIpc) is 2.58. The molecule has 2 aliphatic carbocycles. The summed E-state index contributed by atoms with van der Waals surface area (Å²) in [6.07, 6.45) is 4.14. The van der Waals surface area contributed by atoms with E-state index >= 15 is 0 Å². The molecule has 3 aliphatic rings. The molecule has 0 radical (unpaired) electrons. The van der Waals surface area contributed by atoms with Crippen LogP contribution in [0.1, 0.15) is 24.0 Å². The summed E-state index contributed by atoms with van der Waals surface area (Å²) in [5.74, 6) is 1.34. The molecule has 2 bridgehead atoms. The van der Waals surface area contributed by atoms with Crippen molar-refractivity contribution in [3.05, 3.63) is 35.1 Å². The zero-order valence-electron chi connectivity index (χ0n) is 14.3. The lowest BCUT2D eigenvalue weighted by Gasteiger charge is -2.56. The minimum atomic E-state index is -0.358. The third-order valence-corrected chi connectivity index (χ3v) is 6.20.